The molecular formula is C17H15N5O2. The Morgan fingerprint density at radius 3 is 2.54 bits per heavy atom. The summed E-state index contributed by atoms with van der Waals surface area (Å²) in [7, 11) is 0. The number of benzene rings is 2. The first-order valence-corrected chi connectivity index (χ1v) is 7.55. The van der Waals surface area contributed by atoms with Crippen LogP contribution in [0.5, 0.6) is 11.5 Å². The van der Waals surface area contributed by atoms with E-state index in [2.05, 4.69) is 25.8 Å². The lowest BCUT2D eigenvalue weighted by Gasteiger charge is -2.19. The van der Waals surface area contributed by atoms with Crippen LogP contribution in [0, 0.1) is 0 Å². The van der Waals surface area contributed by atoms with Crippen molar-refractivity contribution in [1.29, 1.82) is 0 Å². The average Bonchev–Trinajstić information content (AvgIpc) is 2.63. The van der Waals surface area contributed by atoms with Crippen LogP contribution < -0.4 is 20.1 Å². The van der Waals surface area contributed by atoms with Crippen LogP contribution in [0.3, 0.4) is 0 Å². The van der Waals surface area contributed by atoms with Gasteiger partial charge in [0.15, 0.2) is 17.3 Å². The molecule has 1 aliphatic rings. The maximum atomic E-state index is 5.58. The lowest BCUT2D eigenvalue weighted by molar-refractivity contribution is 0.171. The molecule has 2 N–H and O–H groups in total. The predicted octanol–water partition coefficient (Wildman–Crippen LogP) is 3.13. The van der Waals surface area contributed by atoms with Gasteiger partial charge in [-0.25, -0.2) is 0 Å². The van der Waals surface area contributed by atoms with Crippen LogP contribution in [-0.2, 0) is 0 Å². The molecule has 3 aromatic rings. The molecule has 1 aromatic heterocycles. The minimum atomic E-state index is 0.420. The fourth-order valence-electron chi connectivity index (χ4n) is 2.34. The summed E-state index contributed by atoms with van der Waals surface area (Å²) < 4.78 is 11.1. The van der Waals surface area contributed by atoms with Gasteiger partial charge in [-0.1, -0.05) is 18.2 Å². The number of ether oxygens (including phenoxy) is 2. The second-order valence-electron chi connectivity index (χ2n) is 5.14. The number of hydrogen-bond acceptors (Lipinski definition) is 7. The SMILES string of the molecule is c1ccc(Nc2nncc(Nc3ccc4c(c3)OCCO4)n2)cc1. The summed E-state index contributed by atoms with van der Waals surface area (Å²) in [5.74, 6) is 2.47. The van der Waals surface area contributed by atoms with E-state index in [9.17, 15) is 0 Å². The van der Waals surface area contributed by atoms with Gasteiger partial charge in [-0.05, 0) is 24.3 Å². The molecule has 0 fully saturated rings. The van der Waals surface area contributed by atoms with E-state index in [1.165, 1.54) is 0 Å². The van der Waals surface area contributed by atoms with Crippen molar-refractivity contribution in [3.05, 3.63) is 54.7 Å². The highest BCUT2D eigenvalue weighted by atomic mass is 16.6. The Morgan fingerprint density at radius 2 is 1.67 bits per heavy atom. The molecule has 4 rings (SSSR count). The lowest BCUT2D eigenvalue weighted by atomic mass is 10.2. The van der Waals surface area contributed by atoms with Gasteiger partial charge in [-0.3, -0.25) is 0 Å². The van der Waals surface area contributed by atoms with E-state index in [4.69, 9.17) is 9.47 Å². The third kappa shape index (κ3) is 3.19. The number of anilines is 4. The van der Waals surface area contributed by atoms with Crippen LogP contribution in [0.1, 0.15) is 0 Å². The number of fused-ring (bicyclic) bond motifs is 1. The third-order valence-electron chi connectivity index (χ3n) is 3.40. The van der Waals surface area contributed by atoms with Crippen molar-refractivity contribution in [1.82, 2.24) is 15.2 Å². The van der Waals surface area contributed by atoms with E-state index >= 15 is 0 Å². The third-order valence-corrected chi connectivity index (χ3v) is 3.40. The molecule has 0 unspecified atom stereocenters. The molecule has 7 nitrogen and oxygen atoms in total. The average molecular weight is 321 g/mol. The van der Waals surface area contributed by atoms with Crippen molar-refractivity contribution in [3.63, 3.8) is 0 Å². The number of para-hydroxylation sites is 1. The number of hydrogen-bond donors (Lipinski definition) is 2. The van der Waals surface area contributed by atoms with Gasteiger partial charge in [0, 0.05) is 17.4 Å². The van der Waals surface area contributed by atoms with E-state index in [-0.39, 0.29) is 0 Å². The Kier molecular flexibility index (Phi) is 3.81. The van der Waals surface area contributed by atoms with Crippen molar-refractivity contribution in [2.24, 2.45) is 0 Å². The minimum absolute atomic E-state index is 0.420. The highest BCUT2D eigenvalue weighted by Gasteiger charge is 2.12. The van der Waals surface area contributed by atoms with E-state index in [0.29, 0.717) is 25.0 Å². The summed E-state index contributed by atoms with van der Waals surface area (Å²) in [5, 5.41) is 14.3. The van der Waals surface area contributed by atoms with Crippen LogP contribution >= 0.6 is 0 Å². The van der Waals surface area contributed by atoms with E-state index in [0.717, 1.165) is 22.9 Å². The Labute approximate surface area is 138 Å². The molecule has 0 radical (unpaired) electrons. The molecule has 0 aliphatic carbocycles. The Bertz CT molecular complexity index is 841. The van der Waals surface area contributed by atoms with E-state index < -0.39 is 0 Å². The smallest absolute Gasteiger partial charge is 0.249 e. The number of nitrogens with zero attached hydrogens (tertiary/aromatic N) is 3. The van der Waals surface area contributed by atoms with Gasteiger partial charge in [0.1, 0.15) is 13.2 Å². The Morgan fingerprint density at radius 1 is 0.833 bits per heavy atom. The molecule has 0 saturated heterocycles. The quantitative estimate of drug-likeness (QED) is 0.764. The summed E-state index contributed by atoms with van der Waals surface area (Å²) in [6.45, 7) is 1.13. The second kappa shape index (κ2) is 6.41. The van der Waals surface area contributed by atoms with Gasteiger partial charge in [-0.2, -0.15) is 10.1 Å². The topological polar surface area (TPSA) is 81.2 Å². The van der Waals surface area contributed by atoms with Crippen molar-refractivity contribution in [2.45, 2.75) is 0 Å². The van der Waals surface area contributed by atoms with Crippen molar-refractivity contribution < 1.29 is 9.47 Å². The largest absolute Gasteiger partial charge is 0.486 e. The molecule has 0 spiro atoms. The Hall–Kier alpha value is -3.35. The van der Waals surface area contributed by atoms with E-state index in [1.807, 2.05) is 48.5 Å². The van der Waals surface area contributed by atoms with Crippen LogP contribution in [0.4, 0.5) is 23.1 Å². The van der Waals surface area contributed by atoms with Crippen LogP contribution in [0.15, 0.2) is 54.7 Å². The highest BCUT2D eigenvalue weighted by molar-refractivity contribution is 5.62. The zero-order valence-corrected chi connectivity index (χ0v) is 12.8. The number of nitrogens with one attached hydrogen (secondary N) is 2. The maximum Gasteiger partial charge on any atom is 0.249 e. The fraction of sp³-hybridized carbons (Fsp3) is 0.118. The second-order valence-corrected chi connectivity index (χ2v) is 5.14. The van der Waals surface area contributed by atoms with Gasteiger partial charge in [0.25, 0.3) is 0 Å². The van der Waals surface area contributed by atoms with Crippen LogP contribution in [0.25, 0.3) is 0 Å². The molecule has 0 bridgehead atoms. The van der Waals surface area contributed by atoms with Crippen molar-refractivity contribution in [3.8, 4) is 11.5 Å². The fourth-order valence-corrected chi connectivity index (χ4v) is 2.34. The van der Waals surface area contributed by atoms with Gasteiger partial charge in [-0.15, -0.1) is 5.10 Å². The van der Waals surface area contributed by atoms with Gasteiger partial charge in [0.2, 0.25) is 5.95 Å². The molecule has 1 aliphatic heterocycles. The summed E-state index contributed by atoms with van der Waals surface area (Å²) in [5.41, 5.74) is 1.74. The first-order valence-electron chi connectivity index (χ1n) is 7.55. The summed E-state index contributed by atoms with van der Waals surface area (Å²) in [6.07, 6.45) is 1.56. The zero-order chi connectivity index (χ0) is 16.2. The standard InChI is InChI=1S/C17H15N5O2/c1-2-4-12(5-3-1)20-17-21-16(11-18-22-17)19-13-6-7-14-15(10-13)24-9-8-23-14/h1-7,10-11H,8-9H2,(H2,19,20,21,22). The molecule has 0 atom stereocenters. The molecular weight excluding hydrogens is 306 g/mol. The summed E-state index contributed by atoms with van der Waals surface area (Å²) in [6, 6.07) is 15.3. The zero-order valence-electron chi connectivity index (χ0n) is 12.8. The summed E-state index contributed by atoms with van der Waals surface area (Å²) in [4.78, 5) is 4.41. The molecule has 2 aromatic carbocycles. The maximum absolute atomic E-state index is 5.58. The van der Waals surface area contributed by atoms with Crippen molar-refractivity contribution >= 4 is 23.1 Å². The molecule has 120 valence electrons. The van der Waals surface area contributed by atoms with Gasteiger partial charge < -0.3 is 20.1 Å². The minimum Gasteiger partial charge on any atom is -0.486 e. The predicted molar refractivity (Wildman–Crippen MR) is 90.3 cm³/mol. The first kappa shape index (κ1) is 14.3. The van der Waals surface area contributed by atoms with Crippen LogP contribution in [-0.4, -0.2) is 28.4 Å². The highest BCUT2D eigenvalue weighted by Crippen LogP contribution is 2.33. The first-order chi connectivity index (χ1) is 11.9. The van der Waals surface area contributed by atoms with Crippen molar-refractivity contribution in [2.75, 3.05) is 23.8 Å². The van der Waals surface area contributed by atoms with Gasteiger partial charge in [0.05, 0.1) is 6.20 Å². The molecule has 0 saturated carbocycles. The molecule has 2 heterocycles. The normalized spacial score (nSPS) is 12.5. The monoisotopic (exact) mass is 321 g/mol. The number of rotatable bonds is 4. The number of aromatic nitrogens is 3. The molecule has 7 heteroatoms. The summed E-state index contributed by atoms with van der Waals surface area (Å²) >= 11 is 0. The van der Waals surface area contributed by atoms with E-state index in [1.54, 1.807) is 6.20 Å². The lowest BCUT2D eigenvalue weighted by Crippen LogP contribution is -2.15. The molecule has 24 heavy (non-hydrogen) atoms. The van der Waals surface area contributed by atoms with Crippen LogP contribution in [0.2, 0.25) is 0 Å². The van der Waals surface area contributed by atoms with Gasteiger partial charge >= 0.3 is 0 Å². The Balaban J connectivity index is 1.51. The molecule has 0 amide bonds.